The zero-order chi connectivity index (χ0) is 12.3. The number of carbonyl (C=O) groups excluding carboxylic acids is 1. The number of H-pyrrole nitrogens is 1. The summed E-state index contributed by atoms with van der Waals surface area (Å²) in [6.45, 7) is 0. The molecule has 0 atom stereocenters. The summed E-state index contributed by atoms with van der Waals surface area (Å²) in [6, 6.07) is 8.12. The fourth-order valence-corrected chi connectivity index (χ4v) is 1.32. The van der Waals surface area contributed by atoms with Gasteiger partial charge in [0.05, 0.1) is 5.69 Å². The third-order valence-corrected chi connectivity index (χ3v) is 2.13. The van der Waals surface area contributed by atoms with Crippen LogP contribution in [0.25, 0.3) is 0 Å². The molecule has 2 aromatic rings. The summed E-state index contributed by atoms with van der Waals surface area (Å²) in [5.74, 6) is -0.907. The normalized spacial score (nSPS) is 9.94. The zero-order valence-corrected chi connectivity index (χ0v) is 8.74. The average molecular weight is 232 g/mol. The van der Waals surface area contributed by atoms with Crippen molar-refractivity contribution in [3.05, 3.63) is 64.3 Å². The molecular formula is C12H9FN2O2. The molecular weight excluding hydrogens is 223 g/mol. The molecule has 0 saturated carbocycles. The van der Waals surface area contributed by atoms with Crippen LogP contribution in [0.5, 0.6) is 0 Å². The number of halogens is 1. The number of carbonyl (C=O) groups is 1. The van der Waals surface area contributed by atoms with E-state index in [2.05, 4.69) is 10.3 Å². The van der Waals surface area contributed by atoms with E-state index in [1.54, 1.807) is 0 Å². The molecule has 17 heavy (non-hydrogen) atoms. The molecule has 1 heterocycles. The molecule has 0 radical (unpaired) electrons. The summed E-state index contributed by atoms with van der Waals surface area (Å²) in [7, 11) is 0. The van der Waals surface area contributed by atoms with E-state index in [-0.39, 0.29) is 11.1 Å². The molecule has 2 N–H and O–H groups in total. The number of aromatic nitrogens is 1. The Morgan fingerprint density at radius 1 is 1.24 bits per heavy atom. The van der Waals surface area contributed by atoms with Gasteiger partial charge in [0, 0.05) is 17.8 Å². The number of aromatic amines is 1. The van der Waals surface area contributed by atoms with Gasteiger partial charge in [-0.05, 0) is 24.3 Å². The van der Waals surface area contributed by atoms with E-state index < -0.39 is 11.7 Å². The molecule has 0 spiro atoms. The summed E-state index contributed by atoms with van der Waals surface area (Å²) < 4.78 is 12.9. The van der Waals surface area contributed by atoms with Gasteiger partial charge in [-0.15, -0.1) is 0 Å². The van der Waals surface area contributed by atoms with Crippen molar-refractivity contribution in [1.82, 2.24) is 4.98 Å². The maximum absolute atomic E-state index is 12.9. The van der Waals surface area contributed by atoms with Gasteiger partial charge in [0.2, 0.25) is 5.56 Å². The first kappa shape index (κ1) is 11.1. The Labute approximate surface area is 96.1 Å². The Kier molecular flexibility index (Phi) is 3.00. The van der Waals surface area contributed by atoms with Gasteiger partial charge in [-0.3, -0.25) is 9.59 Å². The molecule has 0 bridgehead atoms. The fourth-order valence-electron chi connectivity index (χ4n) is 1.32. The fraction of sp³-hybridized carbons (Fsp3) is 0. The third-order valence-electron chi connectivity index (χ3n) is 2.13. The van der Waals surface area contributed by atoms with Gasteiger partial charge in [-0.2, -0.15) is 0 Å². The number of amides is 1. The Morgan fingerprint density at radius 3 is 2.71 bits per heavy atom. The molecule has 0 fully saturated rings. The van der Waals surface area contributed by atoms with Gasteiger partial charge in [-0.1, -0.05) is 6.07 Å². The molecule has 5 heteroatoms. The predicted octanol–water partition coefficient (Wildman–Crippen LogP) is 1.77. The van der Waals surface area contributed by atoms with Crippen molar-refractivity contribution in [2.24, 2.45) is 0 Å². The Bertz CT molecular complexity index is 587. The minimum atomic E-state index is -0.473. The van der Waals surface area contributed by atoms with Crippen LogP contribution in [0.1, 0.15) is 10.4 Å². The summed E-state index contributed by atoms with van der Waals surface area (Å²) in [5.41, 5.74) is 0.406. The highest BCUT2D eigenvalue weighted by atomic mass is 19.1. The molecule has 1 amide bonds. The predicted molar refractivity (Wildman–Crippen MR) is 61.4 cm³/mol. The zero-order valence-electron chi connectivity index (χ0n) is 8.74. The summed E-state index contributed by atoms with van der Waals surface area (Å²) in [6.07, 6.45) is 1.37. The van der Waals surface area contributed by atoms with Crippen molar-refractivity contribution in [2.45, 2.75) is 0 Å². The number of rotatable bonds is 2. The first-order chi connectivity index (χ1) is 8.15. The third kappa shape index (κ3) is 2.78. The molecule has 0 saturated heterocycles. The number of nitrogens with one attached hydrogen (secondary N) is 2. The Morgan fingerprint density at radius 2 is 2.06 bits per heavy atom. The molecule has 0 unspecified atom stereocenters. The number of hydrogen-bond donors (Lipinski definition) is 2. The number of benzene rings is 1. The second-order valence-corrected chi connectivity index (χ2v) is 3.41. The van der Waals surface area contributed by atoms with Crippen molar-refractivity contribution in [1.29, 1.82) is 0 Å². The van der Waals surface area contributed by atoms with Crippen molar-refractivity contribution >= 4 is 11.6 Å². The highest BCUT2D eigenvalue weighted by Gasteiger charge is 2.06. The van der Waals surface area contributed by atoms with E-state index in [9.17, 15) is 14.0 Å². The van der Waals surface area contributed by atoms with Crippen LogP contribution in [0.3, 0.4) is 0 Å². The molecule has 86 valence electrons. The quantitative estimate of drug-likeness (QED) is 0.828. The van der Waals surface area contributed by atoms with Crippen molar-refractivity contribution < 1.29 is 9.18 Å². The lowest BCUT2D eigenvalue weighted by Gasteiger charge is -2.04. The first-order valence-corrected chi connectivity index (χ1v) is 4.91. The lowest BCUT2D eigenvalue weighted by Crippen LogP contribution is -2.13. The smallest absolute Gasteiger partial charge is 0.255 e. The van der Waals surface area contributed by atoms with Gasteiger partial charge in [0.1, 0.15) is 5.82 Å². The van der Waals surface area contributed by atoms with Crippen LogP contribution in [-0.2, 0) is 0 Å². The maximum Gasteiger partial charge on any atom is 0.255 e. The minimum absolute atomic E-state index is 0.219. The van der Waals surface area contributed by atoms with Crippen LogP contribution in [0.4, 0.5) is 10.1 Å². The van der Waals surface area contributed by atoms with E-state index in [0.29, 0.717) is 5.69 Å². The van der Waals surface area contributed by atoms with Crippen LogP contribution in [0, 0.1) is 5.82 Å². The summed E-state index contributed by atoms with van der Waals surface area (Å²) in [4.78, 5) is 24.9. The van der Waals surface area contributed by atoms with Crippen LogP contribution < -0.4 is 10.9 Å². The van der Waals surface area contributed by atoms with Gasteiger partial charge in [0.15, 0.2) is 0 Å². The van der Waals surface area contributed by atoms with E-state index in [1.807, 2.05) is 0 Å². The number of pyridine rings is 1. The lowest BCUT2D eigenvalue weighted by molar-refractivity contribution is 0.102. The van der Waals surface area contributed by atoms with Crippen molar-refractivity contribution in [2.75, 3.05) is 5.32 Å². The van der Waals surface area contributed by atoms with Crippen LogP contribution in [-0.4, -0.2) is 10.9 Å². The molecule has 4 nitrogen and oxygen atoms in total. The van der Waals surface area contributed by atoms with Crippen LogP contribution in [0.15, 0.2) is 47.4 Å². The Hall–Kier alpha value is -2.43. The largest absolute Gasteiger partial charge is 0.327 e. The molecule has 1 aromatic heterocycles. The highest BCUT2D eigenvalue weighted by molar-refractivity contribution is 6.04. The van der Waals surface area contributed by atoms with Crippen molar-refractivity contribution in [3.8, 4) is 0 Å². The monoisotopic (exact) mass is 232 g/mol. The molecule has 2 rings (SSSR count). The van der Waals surface area contributed by atoms with Crippen LogP contribution >= 0.6 is 0 Å². The topological polar surface area (TPSA) is 62.0 Å². The minimum Gasteiger partial charge on any atom is -0.327 e. The highest BCUT2D eigenvalue weighted by Crippen LogP contribution is 2.07. The molecule has 0 aliphatic carbocycles. The summed E-state index contributed by atoms with van der Waals surface area (Å²) >= 11 is 0. The number of anilines is 1. The lowest BCUT2D eigenvalue weighted by atomic mass is 10.2. The van der Waals surface area contributed by atoms with Gasteiger partial charge < -0.3 is 10.3 Å². The van der Waals surface area contributed by atoms with E-state index in [1.165, 1.54) is 36.5 Å². The van der Waals surface area contributed by atoms with E-state index in [4.69, 9.17) is 0 Å². The van der Waals surface area contributed by atoms with Crippen LogP contribution in [0.2, 0.25) is 0 Å². The molecule has 0 aliphatic rings. The van der Waals surface area contributed by atoms with E-state index in [0.717, 1.165) is 6.07 Å². The molecule has 1 aromatic carbocycles. The van der Waals surface area contributed by atoms with Gasteiger partial charge >= 0.3 is 0 Å². The number of hydrogen-bond acceptors (Lipinski definition) is 2. The maximum atomic E-state index is 12.9. The second kappa shape index (κ2) is 4.61. The standard InChI is InChI=1S/C12H9FN2O2/c13-9-3-1-2-8(6-9)12(17)15-10-4-5-11(16)14-7-10/h1-7H,(H,14,16)(H,15,17). The second-order valence-electron chi connectivity index (χ2n) is 3.41. The summed E-state index contributed by atoms with van der Waals surface area (Å²) in [5, 5.41) is 2.54. The molecule has 0 aliphatic heterocycles. The van der Waals surface area contributed by atoms with Gasteiger partial charge in [0.25, 0.3) is 5.91 Å². The van der Waals surface area contributed by atoms with Gasteiger partial charge in [-0.25, -0.2) is 4.39 Å². The SMILES string of the molecule is O=C(Nc1ccc(=O)[nH]c1)c1cccc(F)c1. The van der Waals surface area contributed by atoms with E-state index >= 15 is 0 Å². The first-order valence-electron chi connectivity index (χ1n) is 4.91. The Balaban J connectivity index is 2.17. The van der Waals surface area contributed by atoms with Crippen molar-refractivity contribution in [3.63, 3.8) is 0 Å². The average Bonchev–Trinajstić information content (AvgIpc) is 2.32.